The van der Waals surface area contributed by atoms with E-state index in [4.69, 9.17) is 0 Å². The van der Waals surface area contributed by atoms with Crippen molar-refractivity contribution in [1.29, 1.82) is 0 Å². The van der Waals surface area contributed by atoms with E-state index in [0.29, 0.717) is 18.2 Å². The zero-order valence-electron chi connectivity index (χ0n) is 16.0. The van der Waals surface area contributed by atoms with Gasteiger partial charge in [-0.15, -0.1) is 0 Å². The number of hydrogen-bond donors (Lipinski definition) is 2. The van der Waals surface area contributed by atoms with Gasteiger partial charge in [0, 0.05) is 31.8 Å². The standard InChI is InChI=1S/C17H31N5O2S/c1-17(2,12-22(3)4)11-20-16-19-10-14(25(5,23)24)15(21-16)13-7-6-8-18-9-13/h10,13,18H,6-9,11-12H2,1-5H3,(H,19,20,21). The molecule has 1 fully saturated rings. The Morgan fingerprint density at radius 2 is 2.12 bits per heavy atom. The minimum atomic E-state index is -3.35. The Morgan fingerprint density at radius 3 is 2.68 bits per heavy atom. The van der Waals surface area contributed by atoms with Crippen molar-refractivity contribution in [3.8, 4) is 0 Å². The van der Waals surface area contributed by atoms with Crippen LogP contribution >= 0.6 is 0 Å². The van der Waals surface area contributed by atoms with E-state index in [2.05, 4.69) is 39.3 Å². The van der Waals surface area contributed by atoms with Crippen LogP contribution in [-0.4, -0.2) is 69.8 Å². The maximum absolute atomic E-state index is 12.1. The normalized spacial score (nSPS) is 19.2. The molecule has 1 aromatic rings. The highest BCUT2D eigenvalue weighted by atomic mass is 32.2. The lowest BCUT2D eigenvalue weighted by molar-refractivity contribution is 0.254. The van der Waals surface area contributed by atoms with Crippen molar-refractivity contribution in [3.05, 3.63) is 11.9 Å². The van der Waals surface area contributed by atoms with Gasteiger partial charge in [0.15, 0.2) is 9.84 Å². The molecular weight excluding hydrogens is 338 g/mol. The Balaban J connectivity index is 2.23. The van der Waals surface area contributed by atoms with Crippen molar-refractivity contribution in [2.45, 2.75) is 37.5 Å². The number of sulfone groups is 1. The molecule has 0 aliphatic carbocycles. The molecule has 25 heavy (non-hydrogen) atoms. The van der Waals surface area contributed by atoms with Crippen LogP contribution < -0.4 is 10.6 Å². The number of aromatic nitrogens is 2. The van der Waals surface area contributed by atoms with E-state index in [0.717, 1.165) is 32.5 Å². The summed E-state index contributed by atoms with van der Waals surface area (Å²) in [6.45, 7) is 7.73. The molecule has 0 bridgehead atoms. The summed E-state index contributed by atoms with van der Waals surface area (Å²) in [5.41, 5.74) is 0.687. The van der Waals surface area contributed by atoms with E-state index < -0.39 is 9.84 Å². The Labute approximate surface area is 151 Å². The van der Waals surface area contributed by atoms with Crippen LogP contribution in [0.5, 0.6) is 0 Å². The molecule has 1 aliphatic heterocycles. The second-order valence-corrected chi connectivity index (χ2v) is 10.00. The summed E-state index contributed by atoms with van der Waals surface area (Å²) in [6, 6.07) is 0. The molecule has 1 atom stereocenters. The molecule has 8 heteroatoms. The van der Waals surface area contributed by atoms with Crippen molar-refractivity contribution in [2.24, 2.45) is 5.41 Å². The highest BCUT2D eigenvalue weighted by Gasteiger charge is 2.26. The average molecular weight is 370 g/mol. The average Bonchev–Trinajstić information content (AvgIpc) is 2.51. The predicted octanol–water partition coefficient (Wildman–Crippen LogP) is 1.35. The van der Waals surface area contributed by atoms with Crippen LogP contribution in [-0.2, 0) is 9.84 Å². The monoisotopic (exact) mass is 369 g/mol. The predicted molar refractivity (Wildman–Crippen MR) is 101 cm³/mol. The fourth-order valence-corrected chi connectivity index (χ4v) is 4.20. The number of piperidine rings is 1. The smallest absolute Gasteiger partial charge is 0.222 e. The van der Waals surface area contributed by atoms with Gasteiger partial charge in [0.05, 0.1) is 11.9 Å². The fraction of sp³-hybridized carbons (Fsp3) is 0.765. The van der Waals surface area contributed by atoms with E-state index in [1.807, 2.05) is 14.1 Å². The maximum Gasteiger partial charge on any atom is 0.222 e. The third-order valence-corrected chi connectivity index (χ3v) is 5.45. The van der Waals surface area contributed by atoms with Crippen LogP contribution in [0.15, 0.2) is 11.1 Å². The largest absolute Gasteiger partial charge is 0.354 e. The Bertz CT molecular complexity index is 682. The van der Waals surface area contributed by atoms with Gasteiger partial charge in [-0.1, -0.05) is 13.8 Å². The SMILES string of the molecule is CN(C)CC(C)(C)CNc1ncc(S(C)(=O)=O)c(C2CCCNC2)n1. The van der Waals surface area contributed by atoms with Crippen molar-refractivity contribution in [1.82, 2.24) is 20.2 Å². The number of anilines is 1. The second-order valence-electron chi connectivity index (χ2n) is 8.01. The highest BCUT2D eigenvalue weighted by molar-refractivity contribution is 7.90. The third kappa shape index (κ3) is 5.90. The molecule has 0 saturated carbocycles. The van der Waals surface area contributed by atoms with Gasteiger partial charge >= 0.3 is 0 Å². The maximum atomic E-state index is 12.1. The minimum Gasteiger partial charge on any atom is -0.354 e. The Morgan fingerprint density at radius 1 is 1.40 bits per heavy atom. The van der Waals surface area contributed by atoms with E-state index in [9.17, 15) is 8.42 Å². The first-order valence-corrected chi connectivity index (χ1v) is 10.6. The van der Waals surface area contributed by atoms with E-state index in [1.54, 1.807) is 0 Å². The summed E-state index contributed by atoms with van der Waals surface area (Å²) in [5.74, 6) is 0.608. The van der Waals surface area contributed by atoms with Crippen LogP contribution in [0.2, 0.25) is 0 Å². The molecule has 0 amide bonds. The highest BCUT2D eigenvalue weighted by Crippen LogP contribution is 2.28. The van der Waals surface area contributed by atoms with Crippen molar-refractivity contribution < 1.29 is 8.42 Å². The van der Waals surface area contributed by atoms with Crippen LogP contribution in [0, 0.1) is 5.41 Å². The molecule has 1 unspecified atom stereocenters. The zero-order valence-corrected chi connectivity index (χ0v) is 16.8. The molecule has 0 radical (unpaired) electrons. The number of rotatable bonds is 7. The molecule has 1 saturated heterocycles. The quantitative estimate of drug-likeness (QED) is 0.750. The van der Waals surface area contributed by atoms with Gasteiger partial charge in [-0.2, -0.15) is 0 Å². The topological polar surface area (TPSA) is 87.2 Å². The minimum absolute atomic E-state index is 0.0505. The molecule has 1 aliphatic rings. The van der Waals surface area contributed by atoms with E-state index in [-0.39, 0.29) is 16.2 Å². The number of hydrogen-bond acceptors (Lipinski definition) is 7. The molecule has 7 nitrogen and oxygen atoms in total. The Hall–Kier alpha value is -1.25. The lowest BCUT2D eigenvalue weighted by Crippen LogP contribution is -2.35. The summed E-state index contributed by atoms with van der Waals surface area (Å²) in [4.78, 5) is 11.2. The summed E-state index contributed by atoms with van der Waals surface area (Å²) < 4.78 is 24.2. The van der Waals surface area contributed by atoms with Gasteiger partial charge in [0.2, 0.25) is 5.95 Å². The van der Waals surface area contributed by atoms with E-state index in [1.165, 1.54) is 12.5 Å². The molecule has 2 heterocycles. The third-order valence-electron chi connectivity index (χ3n) is 4.34. The molecular formula is C17H31N5O2S. The Kier molecular flexibility index (Phi) is 6.40. The first kappa shape index (κ1) is 20.1. The van der Waals surface area contributed by atoms with Crippen LogP contribution in [0.1, 0.15) is 38.3 Å². The van der Waals surface area contributed by atoms with Gasteiger partial charge in [-0.25, -0.2) is 18.4 Å². The van der Waals surface area contributed by atoms with Gasteiger partial charge < -0.3 is 15.5 Å². The van der Waals surface area contributed by atoms with Crippen LogP contribution in [0.4, 0.5) is 5.95 Å². The van der Waals surface area contributed by atoms with Crippen molar-refractivity contribution >= 4 is 15.8 Å². The molecule has 142 valence electrons. The van der Waals surface area contributed by atoms with Crippen molar-refractivity contribution in [3.63, 3.8) is 0 Å². The molecule has 0 aromatic carbocycles. The van der Waals surface area contributed by atoms with E-state index >= 15 is 0 Å². The first-order chi connectivity index (χ1) is 11.6. The van der Waals surface area contributed by atoms with Gasteiger partial charge in [-0.3, -0.25) is 0 Å². The lowest BCUT2D eigenvalue weighted by Gasteiger charge is -2.29. The molecule has 0 spiro atoms. The molecule has 1 aromatic heterocycles. The second kappa shape index (κ2) is 7.97. The van der Waals surface area contributed by atoms with Gasteiger partial charge in [0.1, 0.15) is 4.90 Å². The summed E-state index contributed by atoms with van der Waals surface area (Å²) in [5, 5.41) is 6.61. The fourth-order valence-electron chi connectivity index (χ4n) is 3.36. The van der Waals surface area contributed by atoms with Crippen LogP contribution in [0.25, 0.3) is 0 Å². The summed E-state index contributed by atoms with van der Waals surface area (Å²) in [7, 11) is 0.752. The number of nitrogens with one attached hydrogen (secondary N) is 2. The molecule has 2 rings (SSSR count). The summed E-state index contributed by atoms with van der Waals surface area (Å²) >= 11 is 0. The van der Waals surface area contributed by atoms with Crippen molar-refractivity contribution in [2.75, 3.05) is 51.8 Å². The molecule has 2 N–H and O–H groups in total. The van der Waals surface area contributed by atoms with Crippen LogP contribution in [0.3, 0.4) is 0 Å². The van der Waals surface area contributed by atoms with Gasteiger partial charge in [0.25, 0.3) is 0 Å². The van der Waals surface area contributed by atoms with Gasteiger partial charge in [-0.05, 0) is 38.9 Å². The zero-order chi connectivity index (χ0) is 18.7. The first-order valence-electron chi connectivity index (χ1n) is 8.75. The lowest BCUT2D eigenvalue weighted by atomic mass is 9.93. The number of nitrogens with zero attached hydrogens (tertiary/aromatic N) is 3. The summed E-state index contributed by atoms with van der Waals surface area (Å²) in [6.07, 6.45) is 4.64.